The van der Waals surface area contributed by atoms with Crippen LogP contribution in [-0.4, -0.2) is 34.7 Å². The molecule has 6 heteroatoms. The number of piperidine rings is 1. The smallest absolute Gasteiger partial charge is 0.253 e. The molecule has 24 heavy (non-hydrogen) atoms. The Morgan fingerprint density at radius 3 is 2.58 bits per heavy atom. The van der Waals surface area contributed by atoms with Gasteiger partial charge in [0.25, 0.3) is 5.91 Å². The number of nitrogens with zero attached hydrogens (tertiary/aromatic N) is 2. The van der Waals surface area contributed by atoms with Crippen LogP contribution in [0.4, 0.5) is 0 Å². The number of aliphatic imine (C=N–C) groups is 1. The molecule has 2 heterocycles. The monoisotopic (exact) mass is 353 g/mol. The number of unbranched alkanes of at least 4 members (excludes halogenated alkanes) is 6. The van der Waals surface area contributed by atoms with E-state index < -0.39 is 5.54 Å². The molecular formula is C18H31N3O2S. The Bertz CT molecular complexity index is 446. The summed E-state index contributed by atoms with van der Waals surface area (Å²) in [5.74, 6) is 0.992. The molecule has 1 N–H and O–H groups in total. The molecule has 0 aromatic rings. The van der Waals surface area contributed by atoms with E-state index in [4.69, 9.17) is 9.18 Å². The highest BCUT2D eigenvalue weighted by atomic mass is 32.2. The summed E-state index contributed by atoms with van der Waals surface area (Å²) in [4.78, 5) is 17.2. The predicted molar refractivity (Wildman–Crippen MR) is 101 cm³/mol. The van der Waals surface area contributed by atoms with Crippen LogP contribution in [0, 0.1) is 0 Å². The van der Waals surface area contributed by atoms with Crippen molar-refractivity contribution in [3.63, 3.8) is 0 Å². The van der Waals surface area contributed by atoms with Crippen LogP contribution < -0.4 is 5.32 Å². The summed E-state index contributed by atoms with van der Waals surface area (Å²) in [5, 5.41) is 3.02. The maximum Gasteiger partial charge on any atom is 0.253 e. The van der Waals surface area contributed by atoms with Crippen LogP contribution in [0.25, 0.3) is 0 Å². The van der Waals surface area contributed by atoms with Crippen molar-refractivity contribution in [1.29, 1.82) is 0 Å². The Labute approximate surface area is 150 Å². The Morgan fingerprint density at radius 1 is 1.25 bits per heavy atom. The first-order valence-corrected chi connectivity index (χ1v) is 9.99. The summed E-state index contributed by atoms with van der Waals surface area (Å²) in [6, 6.07) is 0. The Morgan fingerprint density at radius 2 is 1.92 bits per heavy atom. The van der Waals surface area contributed by atoms with Crippen molar-refractivity contribution in [3.8, 4) is 0 Å². The van der Waals surface area contributed by atoms with Gasteiger partial charge >= 0.3 is 0 Å². The van der Waals surface area contributed by atoms with Crippen LogP contribution >= 0.6 is 12.2 Å². The highest BCUT2D eigenvalue weighted by Crippen LogP contribution is 2.33. The molecular weight excluding hydrogens is 322 g/mol. The minimum absolute atomic E-state index is 0.0923. The molecule has 0 bridgehead atoms. The minimum Gasteiger partial charge on any atom is -0.418 e. The zero-order valence-corrected chi connectivity index (χ0v) is 15.7. The van der Waals surface area contributed by atoms with E-state index in [0.29, 0.717) is 0 Å². The fourth-order valence-electron chi connectivity index (χ4n) is 3.31. The Kier molecular flexibility index (Phi) is 8.12. The van der Waals surface area contributed by atoms with Gasteiger partial charge in [-0.15, -0.1) is 0 Å². The van der Waals surface area contributed by atoms with Gasteiger partial charge in [0.1, 0.15) is 23.6 Å². The van der Waals surface area contributed by atoms with Gasteiger partial charge in [0, 0.05) is 19.5 Å². The van der Waals surface area contributed by atoms with Crippen molar-refractivity contribution in [1.82, 2.24) is 9.62 Å². The zero-order valence-electron chi connectivity index (χ0n) is 14.9. The second kappa shape index (κ2) is 10.1. The molecule has 0 unspecified atom stereocenters. The van der Waals surface area contributed by atoms with E-state index in [1.807, 2.05) is 0 Å². The lowest BCUT2D eigenvalue weighted by Crippen LogP contribution is -2.47. The third-order valence-electron chi connectivity index (χ3n) is 4.81. The van der Waals surface area contributed by atoms with Gasteiger partial charge in [0.15, 0.2) is 0 Å². The molecule has 0 aromatic heterocycles. The number of amides is 1. The highest BCUT2D eigenvalue weighted by Gasteiger charge is 2.45. The van der Waals surface area contributed by atoms with Crippen LogP contribution in [0.1, 0.15) is 71.1 Å². The van der Waals surface area contributed by atoms with Gasteiger partial charge in [-0.05, 0) is 19.3 Å². The van der Waals surface area contributed by atoms with E-state index in [2.05, 4.69) is 23.1 Å². The van der Waals surface area contributed by atoms with Crippen molar-refractivity contribution in [2.45, 2.75) is 76.7 Å². The van der Waals surface area contributed by atoms with E-state index in [1.165, 1.54) is 57.0 Å². The van der Waals surface area contributed by atoms with Gasteiger partial charge in [-0.25, -0.2) is 4.31 Å². The molecule has 0 aliphatic carbocycles. The van der Waals surface area contributed by atoms with Crippen molar-refractivity contribution < 1.29 is 8.98 Å². The molecule has 1 spiro atoms. The lowest BCUT2D eigenvalue weighted by Gasteiger charge is -2.33. The van der Waals surface area contributed by atoms with E-state index >= 15 is 0 Å². The van der Waals surface area contributed by atoms with Gasteiger partial charge in [-0.1, -0.05) is 52.0 Å². The van der Waals surface area contributed by atoms with Crippen molar-refractivity contribution in [2.75, 3.05) is 13.1 Å². The molecule has 2 rings (SSSR count). The number of nitrogens with one attached hydrogen (secondary N) is 1. The third kappa shape index (κ3) is 5.52. The fourth-order valence-corrected chi connectivity index (χ4v) is 3.83. The number of hydrogen-bond acceptors (Lipinski definition) is 5. The molecule has 0 aromatic carbocycles. The lowest BCUT2D eigenvalue weighted by atomic mass is 9.89. The molecule has 2 aliphatic rings. The van der Waals surface area contributed by atoms with Crippen LogP contribution in [-0.2, 0) is 8.98 Å². The molecule has 5 nitrogen and oxygen atoms in total. The second-order valence-corrected chi connectivity index (χ2v) is 7.54. The quantitative estimate of drug-likeness (QED) is 0.262. The second-order valence-electron chi connectivity index (χ2n) is 6.68. The number of carbonyl (C=O) groups is 1. The number of amidine groups is 1. The molecule has 2 aliphatic heterocycles. The average molecular weight is 354 g/mol. The minimum atomic E-state index is -0.526. The normalized spacial score (nSPS) is 20.0. The van der Waals surface area contributed by atoms with E-state index in [9.17, 15) is 4.79 Å². The Hall–Kier alpha value is -1.01. The molecule has 1 saturated heterocycles. The van der Waals surface area contributed by atoms with E-state index in [-0.39, 0.29) is 5.91 Å². The number of hydrogen-bond donors (Lipinski definition) is 1. The first-order chi connectivity index (χ1) is 11.7. The summed E-state index contributed by atoms with van der Waals surface area (Å²) in [7, 11) is 0. The van der Waals surface area contributed by atoms with Gasteiger partial charge in [-0.3, -0.25) is 9.79 Å². The SMILES string of the molecule is C=COSN1CCC2(CC1)N=C(CCCCCCCCC)NC2=O. The molecule has 0 saturated carbocycles. The predicted octanol–water partition coefficient (Wildman–Crippen LogP) is 4.21. The Balaban J connectivity index is 1.70. The summed E-state index contributed by atoms with van der Waals surface area (Å²) >= 11 is 1.30. The summed E-state index contributed by atoms with van der Waals surface area (Å²) in [6.45, 7) is 7.39. The standard InChI is InChI=1S/C18H31N3O2S/c1-3-5-6-7-8-9-10-11-16-19-17(22)18(20-16)12-14-21(15-13-18)24-23-4-2/h4H,2-3,5-15H2,1H3,(H,19,20,22). The van der Waals surface area contributed by atoms with Crippen LogP contribution in [0.15, 0.2) is 17.8 Å². The van der Waals surface area contributed by atoms with Crippen molar-refractivity contribution >= 4 is 24.0 Å². The molecule has 136 valence electrons. The van der Waals surface area contributed by atoms with Gasteiger partial charge in [0.05, 0.1) is 6.26 Å². The van der Waals surface area contributed by atoms with E-state index in [1.54, 1.807) is 0 Å². The maximum absolute atomic E-state index is 12.4. The summed E-state index contributed by atoms with van der Waals surface area (Å²) in [5.41, 5.74) is -0.526. The third-order valence-corrected chi connectivity index (χ3v) is 5.61. The summed E-state index contributed by atoms with van der Waals surface area (Å²) < 4.78 is 7.26. The zero-order chi connectivity index (χ0) is 17.3. The fraction of sp³-hybridized carbons (Fsp3) is 0.778. The first-order valence-electron chi connectivity index (χ1n) is 9.29. The molecule has 0 atom stereocenters. The summed E-state index contributed by atoms with van der Waals surface area (Å²) in [6.07, 6.45) is 12.8. The van der Waals surface area contributed by atoms with Crippen molar-refractivity contribution in [2.24, 2.45) is 4.99 Å². The van der Waals surface area contributed by atoms with E-state index in [0.717, 1.165) is 44.6 Å². The molecule has 1 amide bonds. The van der Waals surface area contributed by atoms with Crippen LogP contribution in [0.3, 0.4) is 0 Å². The van der Waals surface area contributed by atoms with Gasteiger partial charge in [0.2, 0.25) is 0 Å². The highest BCUT2D eigenvalue weighted by molar-refractivity contribution is 7.92. The van der Waals surface area contributed by atoms with Crippen LogP contribution in [0.2, 0.25) is 0 Å². The van der Waals surface area contributed by atoms with Crippen LogP contribution in [0.5, 0.6) is 0 Å². The molecule has 1 fully saturated rings. The maximum atomic E-state index is 12.4. The number of rotatable bonds is 11. The first kappa shape index (κ1) is 19.3. The average Bonchev–Trinajstić information content (AvgIpc) is 2.89. The number of carbonyl (C=O) groups excluding carboxylic acids is 1. The largest absolute Gasteiger partial charge is 0.418 e. The molecule has 0 radical (unpaired) electrons. The van der Waals surface area contributed by atoms with Gasteiger partial charge < -0.3 is 9.50 Å². The van der Waals surface area contributed by atoms with Crippen molar-refractivity contribution in [3.05, 3.63) is 12.8 Å². The topological polar surface area (TPSA) is 53.9 Å². The lowest BCUT2D eigenvalue weighted by molar-refractivity contribution is -0.124. The van der Waals surface area contributed by atoms with Gasteiger partial charge in [-0.2, -0.15) is 0 Å².